The SMILES string of the molecule is Cc1cc(C)c(C)c(S[C@@H]2CCC[C@@H]2Cl)c1C. The second-order valence-electron chi connectivity index (χ2n) is 5.19. The van der Waals surface area contributed by atoms with Gasteiger partial charge in [0.2, 0.25) is 0 Å². The van der Waals surface area contributed by atoms with Crippen molar-refractivity contribution in [3.8, 4) is 0 Å². The summed E-state index contributed by atoms with van der Waals surface area (Å²) in [6.45, 7) is 8.89. The summed E-state index contributed by atoms with van der Waals surface area (Å²) in [6, 6.07) is 2.29. The van der Waals surface area contributed by atoms with Crippen molar-refractivity contribution in [2.24, 2.45) is 0 Å². The summed E-state index contributed by atoms with van der Waals surface area (Å²) in [6.07, 6.45) is 3.74. The molecule has 1 aliphatic rings. The van der Waals surface area contributed by atoms with Gasteiger partial charge >= 0.3 is 0 Å². The Labute approximate surface area is 114 Å². The molecule has 0 aromatic heterocycles. The van der Waals surface area contributed by atoms with E-state index in [1.54, 1.807) is 0 Å². The van der Waals surface area contributed by atoms with Crippen LogP contribution in [0, 0.1) is 27.7 Å². The van der Waals surface area contributed by atoms with Crippen LogP contribution in [0.4, 0.5) is 0 Å². The predicted octanol–water partition coefficient (Wildman–Crippen LogP) is 5.17. The van der Waals surface area contributed by atoms with E-state index in [2.05, 4.69) is 33.8 Å². The Morgan fingerprint density at radius 3 is 2.12 bits per heavy atom. The highest BCUT2D eigenvalue weighted by molar-refractivity contribution is 8.00. The van der Waals surface area contributed by atoms with Crippen molar-refractivity contribution in [3.05, 3.63) is 28.3 Å². The quantitative estimate of drug-likeness (QED) is 0.667. The van der Waals surface area contributed by atoms with Crippen molar-refractivity contribution in [2.75, 3.05) is 0 Å². The number of thioether (sulfide) groups is 1. The van der Waals surface area contributed by atoms with Gasteiger partial charge in [0.05, 0.1) is 0 Å². The Bertz CT molecular complexity index is 399. The molecule has 0 saturated heterocycles. The first-order valence-corrected chi connectivity index (χ1v) is 7.70. The zero-order valence-corrected chi connectivity index (χ0v) is 12.7. The van der Waals surface area contributed by atoms with Crippen LogP contribution >= 0.6 is 23.4 Å². The lowest BCUT2D eigenvalue weighted by atomic mass is 10.0. The highest BCUT2D eigenvalue weighted by Crippen LogP contribution is 2.41. The molecule has 0 nitrogen and oxygen atoms in total. The Balaban J connectivity index is 2.31. The minimum atomic E-state index is 0.361. The van der Waals surface area contributed by atoms with E-state index >= 15 is 0 Å². The van der Waals surface area contributed by atoms with E-state index in [4.69, 9.17) is 11.6 Å². The van der Waals surface area contributed by atoms with Gasteiger partial charge in [-0.25, -0.2) is 0 Å². The molecule has 1 aromatic rings. The molecule has 0 amide bonds. The number of benzene rings is 1. The van der Waals surface area contributed by atoms with E-state index in [1.807, 2.05) is 11.8 Å². The molecule has 2 atom stereocenters. The molecule has 0 bridgehead atoms. The van der Waals surface area contributed by atoms with Gasteiger partial charge in [-0.15, -0.1) is 23.4 Å². The second kappa shape index (κ2) is 5.24. The predicted molar refractivity (Wildman–Crippen MR) is 78.5 cm³/mol. The van der Waals surface area contributed by atoms with Crippen molar-refractivity contribution in [2.45, 2.75) is 62.5 Å². The van der Waals surface area contributed by atoms with Crippen molar-refractivity contribution < 1.29 is 0 Å². The van der Waals surface area contributed by atoms with Gasteiger partial charge in [0.1, 0.15) is 0 Å². The molecule has 0 unspecified atom stereocenters. The number of aryl methyl sites for hydroxylation is 2. The minimum absolute atomic E-state index is 0.361. The third-order valence-electron chi connectivity index (χ3n) is 3.94. The number of hydrogen-bond acceptors (Lipinski definition) is 1. The standard InChI is InChI=1S/C15H21ClS/c1-9-8-10(2)12(4)15(11(9)3)17-14-7-5-6-13(14)16/h8,13-14H,5-7H2,1-4H3/t13-,14+/m0/s1. The lowest BCUT2D eigenvalue weighted by Gasteiger charge is -2.19. The fourth-order valence-electron chi connectivity index (χ4n) is 2.52. The molecule has 1 fully saturated rings. The van der Waals surface area contributed by atoms with E-state index in [0.717, 1.165) is 0 Å². The van der Waals surface area contributed by atoms with Gasteiger partial charge in [0.25, 0.3) is 0 Å². The third-order valence-corrected chi connectivity index (χ3v) is 6.33. The molecule has 0 spiro atoms. The maximum atomic E-state index is 6.39. The van der Waals surface area contributed by atoms with Gasteiger partial charge in [-0.05, 0) is 62.8 Å². The van der Waals surface area contributed by atoms with Crippen LogP contribution in [0.5, 0.6) is 0 Å². The number of halogens is 1. The molecule has 0 N–H and O–H groups in total. The Morgan fingerprint density at radius 2 is 1.65 bits per heavy atom. The summed E-state index contributed by atoms with van der Waals surface area (Å²) in [5.74, 6) is 0. The molecular weight excluding hydrogens is 248 g/mol. The largest absolute Gasteiger partial charge is 0.122 e. The maximum Gasteiger partial charge on any atom is 0.0458 e. The highest BCUT2D eigenvalue weighted by atomic mass is 35.5. The van der Waals surface area contributed by atoms with Gasteiger partial charge in [0, 0.05) is 15.5 Å². The van der Waals surface area contributed by atoms with Crippen LogP contribution in [0.3, 0.4) is 0 Å². The lowest BCUT2D eigenvalue weighted by molar-refractivity contribution is 0.888. The normalized spacial score (nSPS) is 24.3. The molecular formula is C15H21ClS. The van der Waals surface area contributed by atoms with E-state index < -0.39 is 0 Å². The van der Waals surface area contributed by atoms with Gasteiger partial charge in [-0.1, -0.05) is 12.5 Å². The topological polar surface area (TPSA) is 0 Å². The molecule has 0 aliphatic heterocycles. The van der Waals surface area contributed by atoms with Crippen LogP contribution in [0.1, 0.15) is 41.5 Å². The first-order chi connectivity index (χ1) is 8.00. The molecule has 2 heteroatoms. The Hall–Kier alpha value is -0.140. The van der Waals surface area contributed by atoms with E-state index in [9.17, 15) is 0 Å². The monoisotopic (exact) mass is 268 g/mol. The Morgan fingerprint density at radius 1 is 1.06 bits per heavy atom. The summed E-state index contributed by atoms with van der Waals surface area (Å²) in [4.78, 5) is 1.47. The molecule has 2 rings (SSSR count). The summed E-state index contributed by atoms with van der Waals surface area (Å²) in [7, 11) is 0. The Kier molecular flexibility index (Phi) is 4.10. The van der Waals surface area contributed by atoms with Crippen molar-refractivity contribution in [1.82, 2.24) is 0 Å². The molecule has 1 aliphatic carbocycles. The molecule has 17 heavy (non-hydrogen) atoms. The van der Waals surface area contributed by atoms with Crippen LogP contribution in [0.2, 0.25) is 0 Å². The zero-order chi connectivity index (χ0) is 12.6. The number of rotatable bonds is 2. The molecule has 1 aromatic carbocycles. The van der Waals surface area contributed by atoms with Crippen LogP contribution < -0.4 is 0 Å². The van der Waals surface area contributed by atoms with Gasteiger partial charge in [0.15, 0.2) is 0 Å². The third kappa shape index (κ3) is 2.66. The van der Waals surface area contributed by atoms with Crippen LogP contribution in [-0.2, 0) is 0 Å². The van der Waals surface area contributed by atoms with E-state index in [1.165, 1.54) is 46.4 Å². The summed E-state index contributed by atoms with van der Waals surface area (Å²) in [5, 5.41) is 0.967. The lowest BCUT2D eigenvalue weighted by Crippen LogP contribution is -2.10. The fourth-order valence-corrected chi connectivity index (χ4v) is 4.50. The van der Waals surface area contributed by atoms with Gasteiger partial charge in [-0.2, -0.15) is 0 Å². The average molecular weight is 269 g/mol. The van der Waals surface area contributed by atoms with Crippen molar-refractivity contribution >= 4 is 23.4 Å². The van der Waals surface area contributed by atoms with Crippen LogP contribution in [0.25, 0.3) is 0 Å². The molecule has 0 heterocycles. The van der Waals surface area contributed by atoms with Crippen molar-refractivity contribution in [1.29, 1.82) is 0 Å². The molecule has 1 saturated carbocycles. The fraction of sp³-hybridized carbons (Fsp3) is 0.600. The van der Waals surface area contributed by atoms with Crippen molar-refractivity contribution in [3.63, 3.8) is 0 Å². The molecule has 94 valence electrons. The van der Waals surface area contributed by atoms with Gasteiger partial charge in [-0.3, -0.25) is 0 Å². The number of alkyl halides is 1. The second-order valence-corrected chi connectivity index (χ2v) is 7.00. The molecule has 0 radical (unpaired) electrons. The van der Waals surface area contributed by atoms with Gasteiger partial charge < -0.3 is 0 Å². The number of hydrogen-bond donors (Lipinski definition) is 0. The average Bonchev–Trinajstić information content (AvgIpc) is 2.68. The maximum absolute atomic E-state index is 6.39. The van der Waals surface area contributed by atoms with Crippen LogP contribution in [0.15, 0.2) is 11.0 Å². The zero-order valence-electron chi connectivity index (χ0n) is 11.1. The first-order valence-electron chi connectivity index (χ1n) is 6.39. The summed E-state index contributed by atoms with van der Waals surface area (Å²) < 4.78 is 0. The summed E-state index contributed by atoms with van der Waals surface area (Å²) >= 11 is 8.40. The van der Waals surface area contributed by atoms with E-state index in [0.29, 0.717) is 10.6 Å². The minimum Gasteiger partial charge on any atom is -0.122 e. The highest BCUT2D eigenvalue weighted by Gasteiger charge is 2.27. The van der Waals surface area contributed by atoms with E-state index in [-0.39, 0.29) is 0 Å². The summed E-state index contributed by atoms with van der Waals surface area (Å²) in [5.41, 5.74) is 5.68. The van der Waals surface area contributed by atoms with Crippen LogP contribution in [-0.4, -0.2) is 10.6 Å². The first kappa shape index (κ1) is 13.3. The smallest absolute Gasteiger partial charge is 0.0458 e.